The first-order valence-corrected chi connectivity index (χ1v) is 7.99. The Labute approximate surface area is 152 Å². The molecule has 9 heteroatoms. The Morgan fingerprint density at radius 1 is 1.19 bits per heavy atom. The summed E-state index contributed by atoms with van der Waals surface area (Å²) in [6, 6.07) is 11.1. The minimum atomic E-state index is -0.544. The highest BCUT2D eigenvalue weighted by atomic mass is 19.1. The molecule has 8 nitrogen and oxygen atoms in total. The van der Waals surface area contributed by atoms with Crippen LogP contribution < -0.4 is 5.32 Å². The van der Waals surface area contributed by atoms with E-state index in [-0.39, 0.29) is 17.2 Å². The summed E-state index contributed by atoms with van der Waals surface area (Å²) in [7, 11) is 0. The molecule has 0 fully saturated rings. The van der Waals surface area contributed by atoms with Gasteiger partial charge in [0, 0.05) is 24.0 Å². The van der Waals surface area contributed by atoms with Crippen molar-refractivity contribution in [3.8, 4) is 16.9 Å². The van der Waals surface area contributed by atoms with E-state index < -0.39 is 11.7 Å². The fraction of sp³-hybridized carbons (Fsp3) is 0.0556. The highest BCUT2D eigenvalue weighted by Gasteiger charge is 2.24. The van der Waals surface area contributed by atoms with Crippen LogP contribution in [0.4, 0.5) is 10.2 Å². The summed E-state index contributed by atoms with van der Waals surface area (Å²) < 4.78 is 20.5. The molecule has 134 valence electrons. The Bertz CT molecular complexity index is 1110. The Morgan fingerprint density at radius 2 is 1.96 bits per heavy atom. The Balaban J connectivity index is 1.83. The van der Waals surface area contributed by atoms with Crippen molar-refractivity contribution in [1.29, 1.82) is 0 Å². The van der Waals surface area contributed by atoms with Crippen molar-refractivity contribution in [3.63, 3.8) is 0 Å². The van der Waals surface area contributed by atoms with Crippen molar-refractivity contribution in [3.05, 3.63) is 72.1 Å². The molecule has 0 aliphatic heterocycles. The number of pyridine rings is 1. The van der Waals surface area contributed by atoms with Gasteiger partial charge in [0.25, 0.3) is 5.91 Å². The number of nitrogens with one attached hydrogen (secondary N) is 1. The molecule has 0 saturated heterocycles. The maximum Gasteiger partial charge on any atom is 0.279 e. The zero-order valence-electron chi connectivity index (χ0n) is 14.1. The van der Waals surface area contributed by atoms with Gasteiger partial charge in [-0.2, -0.15) is 0 Å². The van der Waals surface area contributed by atoms with Gasteiger partial charge in [0.05, 0.1) is 0 Å². The van der Waals surface area contributed by atoms with Crippen LogP contribution in [0.3, 0.4) is 0 Å². The van der Waals surface area contributed by atoms with E-state index in [0.717, 1.165) is 0 Å². The second-order valence-electron chi connectivity index (χ2n) is 5.66. The van der Waals surface area contributed by atoms with Crippen LogP contribution in [0.25, 0.3) is 16.9 Å². The smallest absolute Gasteiger partial charge is 0.279 e. The SMILES string of the molecule is Cc1cc(NC(=O)c2nnn(-c3ccccc3F)c2-c2ccncc2)no1. The molecule has 27 heavy (non-hydrogen) atoms. The summed E-state index contributed by atoms with van der Waals surface area (Å²) >= 11 is 0. The fourth-order valence-electron chi connectivity index (χ4n) is 2.60. The number of anilines is 1. The second-order valence-corrected chi connectivity index (χ2v) is 5.66. The molecule has 0 unspecified atom stereocenters. The zero-order valence-corrected chi connectivity index (χ0v) is 14.1. The molecule has 0 atom stereocenters. The van der Waals surface area contributed by atoms with Crippen molar-refractivity contribution in [2.75, 3.05) is 5.32 Å². The van der Waals surface area contributed by atoms with Gasteiger partial charge in [0.1, 0.15) is 23.0 Å². The van der Waals surface area contributed by atoms with Gasteiger partial charge in [0.2, 0.25) is 0 Å². The van der Waals surface area contributed by atoms with Crippen molar-refractivity contribution in [2.45, 2.75) is 6.92 Å². The zero-order chi connectivity index (χ0) is 18.8. The van der Waals surface area contributed by atoms with Crippen LogP contribution in [0.15, 0.2) is 59.4 Å². The van der Waals surface area contributed by atoms with Gasteiger partial charge in [-0.1, -0.05) is 22.5 Å². The predicted molar refractivity (Wildman–Crippen MR) is 93.7 cm³/mol. The molecule has 0 saturated carbocycles. The third-order valence-electron chi connectivity index (χ3n) is 3.79. The van der Waals surface area contributed by atoms with Gasteiger partial charge < -0.3 is 9.84 Å². The highest BCUT2D eigenvalue weighted by molar-refractivity contribution is 6.06. The number of hydrogen-bond acceptors (Lipinski definition) is 6. The van der Waals surface area contributed by atoms with Crippen LogP contribution in [0.1, 0.15) is 16.2 Å². The summed E-state index contributed by atoms with van der Waals surface area (Å²) in [6.07, 6.45) is 3.13. The van der Waals surface area contributed by atoms with Gasteiger partial charge in [0.15, 0.2) is 11.5 Å². The standard InChI is InChI=1S/C18H13FN6O2/c1-11-10-15(23-27-11)21-18(26)16-17(12-6-8-20-9-7-12)25(24-22-16)14-5-3-2-4-13(14)19/h2-10H,1H3,(H,21,23,26). The monoisotopic (exact) mass is 364 g/mol. The minimum Gasteiger partial charge on any atom is -0.360 e. The van der Waals surface area contributed by atoms with E-state index in [1.807, 2.05) is 0 Å². The van der Waals surface area contributed by atoms with Crippen molar-refractivity contribution in [1.82, 2.24) is 25.1 Å². The Kier molecular flexibility index (Phi) is 4.17. The molecule has 1 aromatic carbocycles. The molecule has 1 N–H and O–H groups in total. The van der Waals surface area contributed by atoms with E-state index in [2.05, 4.69) is 25.8 Å². The lowest BCUT2D eigenvalue weighted by atomic mass is 10.1. The third-order valence-corrected chi connectivity index (χ3v) is 3.79. The number of carbonyl (C=O) groups is 1. The fourth-order valence-corrected chi connectivity index (χ4v) is 2.60. The number of hydrogen-bond donors (Lipinski definition) is 1. The Morgan fingerprint density at radius 3 is 2.67 bits per heavy atom. The van der Waals surface area contributed by atoms with Crippen molar-refractivity contribution < 1.29 is 13.7 Å². The van der Waals surface area contributed by atoms with E-state index in [1.54, 1.807) is 55.7 Å². The molecule has 3 aromatic heterocycles. The van der Waals surface area contributed by atoms with Crippen molar-refractivity contribution >= 4 is 11.7 Å². The first-order valence-electron chi connectivity index (χ1n) is 7.99. The van der Waals surface area contributed by atoms with Gasteiger partial charge in [-0.15, -0.1) is 5.10 Å². The molecule has 4 rings (SSSR count). The number of halogens is 1. The maximum atomic E-state index is 14.3. The number of benzene rings is 1. The average Bonchev–Trinajstić information content (AvgIpc) is 3.29. The van der Waals surface area contributed by atoms with Gasteiger partial charge in [-0.25, -0.2) is 9.07 Å². The number of rotatable bonds is 4. The number of nitrogens with zero attached hydrogens (tertiary/aromatic N) is 5. The largest absolute Gasteiger partial charge is 0.360 e. The van der Waals surface area contributed by atoms with Crippen LogP contribution in [-0.4, -0.2) is 31.0 Å². The van der Waals surface area contributed by atoms with Gasteiger partial charge >= 0.3 is 0 Å². The summed E-state index contributed by atoms with van der Waals surface area (Å²) in [4.78, 5) is 16.7. The van der Waals surface area contributed by atoms with Crippen LogP contribution >= 0.6 is 0 Å². The van der Waals surface area contributed by atoms with Crippen LogP contribution in [0, 0.1) is 12.7 Å². The lowest BCUT2D eigenvalue weighted by molar-refractivity contribution is 0.102. The molecule has 0 radical (unpaired) electrons. The normalized spacial score (nSPS) is 10.7. The van der Waals surface area contributed by atoms with Crippen LogP contribution in [0.2, 0.25) is 0 Å². The molecule has 0 aliphatic carbocycles. The topological polar surface area (TPSA) is 98.7 Å². The summed E-state index contributed by atoms with van der Waals surface area (Å²) in [5, 5.41) is 14.3. The number of amides is 1. The van der Waals surface area contributed by atoms with E-state index in [4.69, 9.17) is 4.52 Å². The first-order chi connectivity index (χ1) is 13.1. The summed E-state index contributed by atoms with van der Waals surface area (Å²) in [5.74, 6) is -0.234. The molecule has 0 spiro atoms. The van der Waals surface area contributed by atoms with E-state index >= 15 is 0 Å². The molecule has 4 aromatic rings. The van der Waals surface area contributed by atoms with E-state index in [9.17, 15) is 9.18 Å². The summed E-state index contributed by atoms with van der Waals surface area (Å²) in [6.45, 7) is 1.71. The second kappa shape index (κ2) is 6.79. The molecular weight excluding hydrogens is 351 g/mol. The highest BCUT2D eigenvalue weighted by Crippen LogP contribution is 2.26. The molecule has 1 amide bonds. The first kappa shape index (κ1) is 16.6. The Hall–Kier alpha value is -3.88. The van der Waals surface area contributed by atoms with E-state index in [1.165, 1.54) is 10.7 Å². The number of aromatic nitrogens is 5. The van der Waals surface area contributed by atoms with Crippen molar-refractivity contribution in [2.24, 2.45) is 0 Å². The quantitative estimate of drug-likeness (QED) is 0.598. The lowest BCUT2D eigenvalue weighted by Crippen LogP contribution is -2.14. The predicted octanol–water partition coefficient (Wildman–Crippen LogP) is 3.02. The van der Waals surface area contributed by atoms with Crippen LogP contribution in [-0.2, 0) is 0 Å². The average molecular weight is 364 g/mol. The molecule has 0 aliphatic rings. The molecule has 0 bridgehead atoms. The minimum absolute atomic E-state index is 0.0186. The molecular formula is C18H13FN6O2. The third kappa shape index (κ3) is 3.17. The number of carbonyl (C=O) groups excluding carboxylic acids is 1. The summed E-state index contributed by atoms with van der Waals surface area (Å²) in [5.41, 5.74) is 1.14. The van der Waals surface area contributed by atoms with Crippen LogP contribution in [0.5, 0.6) is 0 Å². The van der Waals surface area contributed by atoms with E-state index in [0.29, 0.717) is 17.0 Å². The molecule has 3 heterocycles. The lowest BCUT2D eigenvalue weighted by Gasteiger charge is -2.08. The number of aryl methyl sites for hydroxylation is 1. The number of para-hydroxylation sites is 1. The maximum absolute atomic E-state index is 14.3. The van der Waals surface area contributed by atoms with Gasteiger partial charge in [-0.05, 0) is 31.2 Å². The van der Waals surface area contributed by atoms with Gasteiger partial charge in [-0.3, -0.25) is 9.78 Å².